The summed E-state index contributed by atoms with van der Waals surface area (Å²) in [6, 6.07) is 15.5. The quantitative estimate of drug-likeness (QED) is 0.309. The van der Waals surface area contributed by atoms with Crippen molar-refractivity contribution in [3.05, 3.63) is 71.0 Å². The lowest BCUT2D eigenvalue weighted by atomic mass is 9.93. The Labute approximate surface area is 183 Å². The molecule has 3 heterocycles. The van der Waals surface area contributed by atoms with Gasteiger partial charge in [0.15, 0.2) is 11.8 Å². The maximum absolute atomic E-state index is 6.41. The predicted octanol–water partition coefficient (Wildman–Crippen LogP) is 6.75. The number of furan rings is 1. The van der Waals surface area contributed by atoms with Crippen LogP contribution in [0.5, 0.6) is 0 Å². The minimum Gasteiger partial charge on any atom is -0.437 e. The fourth-order valence-electron chi connectivity index (χ4n) is 4.73. The number of hydrogen-bond donors (Lipinski definition) is 0. The second-order valence-electron chi connectivity index (χ2n) is 9.27. The normalized spacial score (nSPS) is 12.0. The van der Waals surface area contributed by atoms with Crippen LogP contribution in [-0.2, 0) is 13.5 Å². The van der Waals surface area contributed by atoms with Crippen molar-refractivity contribution in [2.24, 2.45) is 13.0 Å². The zero-order chi connectivity index (χ0) is 21.9. The van der Waals surface area contributed by atoms with E-state index in [4.69, 9.17) is 4.42 Å². The molecule has 5 rings (SSSR count). The number of fused-ring (bicyclic) bond motifs is 4. The molecule has 0 amide bonds. The molecule has 3 heteroatoms. The Kier molecular flexibility index (Phi) is 4.58. The highest BCUT2D eigenvalue weighted by Gasteiger charge is 2.25. The molecule has 2 aromatic carbocycles. The fourth-order valence-corrected chi connectivity index (χ4v) is 4.73. The smallest absolute Gasteiger partial charge is 0.227 e. The van der Waals surface area contributed by atoms with Crippen LogP contribution in [0.2, 0.25) is 0 Å². The molecule has 0 atom stereocenters. The van der Waals surface area contributed by atoms with E-state index < -0.39 is 0 Å². The molecular formula is C28H29N2O+. The van der Waals surface area contributed by atoms with Gasteiger partial charge in [-0.05, 0) is 79.5 Å². The largest absolute Gasteiger partial charge is 0.437 e. The van der Waals surface area contributed by atoms with Crippen LogP contribution in [0.3, 0.4) is 0 Å². The van der Waals surface area contributed by atoms with Crippen molar-refractivity contribution in [2.45, 2.75) is 41.0 Å². The van der Waals surface area contributed by atoms with Gasteiger partial charge in [0.2, 0.25) is 11.4 Å². The SMILES string of the molecule is Cc1ccc2c(n1)oc1c(-c3c4ccc(CC(C)C)cc4cc[n+]3C)c(C)c(C)cc12. The van der Waals surface area contributed by atoms with Crippen LogP contribution in [-0.4, -0.2) is 4.98 Å². The molecule has 0 aliphatic carbocycles. The zero-order valence-electron chi connectivity index (χ0n) is 19.2. The summed E-state index contributed by atoms with van der Waals surface area (Å²) < 4.78 is 8.63. The highest BCUT2D eigenvalue weighted by atomic mass is 16.3. The topological polar surface area (TPSA) is 29.9 Å². The lowest BCUT2D eigenvalue weighted by molar-refractivity contribution is -0.659. The first-order valence-corrected chi connectivity index (χ1v) is 11.0. The van der Waals surface area contributed by atoms with Gasteiger partial charge in [-0.15, -0.1) is 0 Å². The number of nitrogens with zero attached hydrogens (tertiary/aromatic N) is 2. The summed E-state index contributed by atoms with van der Waals surface area (Å²) in [5, 5.41) is 4.73. The molecule has 3 aromatic heterocycles. The van der Waals surface area contributed by atoms with E-state index in [0.29, 0.717) is 11.6 Å². The summed E-state index contributed by atoms with van der Waals surface area (Å²) in [6.45, 7) is 10.9. The van der Waals surface area contributed by atoms with Crippen molar-refractivity contribution in [1.29, 1.82) is 0 Å². The van der Waals surface area contributed by atoms with Crippen LogP contribution in [0.1, 0.15) is 36.2 Å². The molecule has 0 aliphatic rings. The summed E-state index contributed by atoms with van der Waals surface area (Å²) in [7, 11) is 2.12. The van der Waals surface area contributed by atoms with E-state index >= 15 is 0 Å². The molecule has 0 aliphatic heterocycles. The molecule has 0 N–H and O–H groups in total. The minimum absolute atomic E-state index is 0.641. The Morgan fingerprint density at radius 2 is 1.71 bits per heavy atom. The lowest BCUT2D eigenvalue weighted by Gasteiger charge is -2.12. The molecule has 0 unspecified atom stereocenters. The summed E-state index contributed by atoms with van der Waals surface area (Å²) >= 11 is 0. The van der Waals surface area contributed by atoms with Crippen LogP contribution < -0.4 is 4.57 Å². The Hall–Kier alpha value is -3.20. The maximum Gasteiger partial charge on any atom is 0.227 e. The first-order valence-electron chi connectivity index (χ1n) is 11.0. The van der Waals surface area contributed by atoms with Gasteiger partial charge in [0, 0.05) is 22.5 Å². The Morgan fingerprint density at radius 3 is 2.48 bits per heavy atom. The van der Waals surface area contributed by atoms with Crippen LogP contribution >= 0.6 is 0 Å². The van der Waals surface area contributed by atoms with E-state index in [1.54, 1.807) is 0 Å². The van der Waals surface area contributed by atoms with Gasteiger partial charge >= 0.3 is 0 Å². The van der Waals surface area contributed by atoms with Gasteiger partial charge in [-0.25, -0.2) is 9.55 Å². The van der Waals surface area contributed by atoms with Crippen molar-refractivity contribution < 1.29 is 8.98 Å². The Balaban J connectivity index is 1.87. The molecule has 0 saturated carbocycles. The second-order valence-corrected chi connectivity index (χ2v) is 9.27. The van der Waals surface area contributed by atoms with Crippen molar-refractivity contribution >= 4 is 32.8 Å². The number of hydrogen-bond acceptors (Lipinski definition) is 2. The molecule has 0 spiro atoms. The van der Waals surface area contributed by atoms with Gasteiger partial charge in [0.25, 0.3) is 0 Å². The number of rotatable bonds is 3. The van der Waals surface area contributed by atoms with Crippen molar-refractivity contribution in [1.82, 2.24) is 4.98 Å². The van der Waals surface area contributed by atoms with Gasteiger partial charge < -0.3 is 4.42 Å². The molecule has 31 heavy (non-hydrogen) atoms. The average molecular weight is 410 g/mol. The van der Waals surface area contributed by atoms with Crippen LogP contribution in [0, 0.1) is 26.7 Å². The second kappa shape index (κ2) is 7.19. The highest BCUT2D eigenvalue weighted by Crippen LogP contribution is 2.40. The molecular weight excluding hydrogens is 380 g/mol. The third-order valence-corrected chi connectivity index (χ3v) is 6.37. The molecule has 0 bridgehead atoms. The molecule has 3 nitrogen and oxygen atoms in total. The maximum atomic E-state index is 6.41. The molecule has 156 valence electrons. The monoisotopic (exact) mass is 409 g/mol. The average Bonchev–Trinajstić information content (AvgIpc) is 3.06. The van der Waals surface area contributed by atoms with E-state index in [2.05, 4.69) is 93.0 Å². The van der Waals surface area contributed by atoms with Crippen molar-refractivity contribution in [3.8, 4) is 11.3 Å². The van der Waals surface area contributed by atoms with Crippen molar-refractivity contribution in [3.63, 3.8) is 0 Å². The molecule has 5 aromatic rings. The van der Waals surface area contributed by atoms with Gasteiger partial charge in [0.1, 0.15) is 7.05 Å². The summed E-state index contributed by atoms with van der Waals surface area (Å²) in [6.07, 6.45) is 3.25. The van der Waals surface area contributed by atoms with Gasteiger partial charge in [0.05, 0.1) is 10.9 Å². The van der Waals surface area contributed by atoms with Crippen LogP contribution in [0.15, 0.2) is 53.1 Å². The van der Waals surface area contributed by atoms with Gasteiger partial charge in [-0.1, -0.05) is 26.0 Å². The first-order chi connectivity index (χ1) is 14.8. The third-order valence-electron chi connectivity index (χ3n) is 6.37. The predicted molar refractivity (Wildman–Crippen MR) is 128 cm³/mol. The summed E-state index contributed by atoms with van der Waals surface area (Å²) in [5.74, 6) is 0.641. The van der Waals surface area contributed by atoms with E-state index in [1.807, 2.05) is 6.92 Å². The zero-order valence-corrected chi connectivity index (χ0v) is 19.2. The molecule has 0 saturated heterocycles. The third kappa shape index (κ3) is 3.20. The summed E-state index contributed by atoms with van der Waals surface area (Å²) in [5.41, 5.74) is 8.85. The number of aryl methyl sites for hydroxylation is 3. The van der Waals surface area contributed by atoms with Crippen molar-refractivity contribution in [2.75, 3.05) is 0 Å². The lowest BCUT2D eigenvalue weighted by Crippen LogP contribution is -2.31. The number of pyridine rings is 2. The van der Waals surface area contributed by atoms with E-state index in [0.717, 1.165) is 34.0 Å². The highest BCUT2D eigenvalue weighted by molar-refractivity contribution is 6.11. The van der Waals surface area contributed by atoms with Crippen LogP contribution in [0.25, 0.3) is 44.1 Å². The number of aromatic nitrogens is 2. The standard InChI is InChI=1S/C28H29N2O/c1-16(2)13-20-8-10-22-21(15-20)11-12-30(6)26(22)25-19(5)17(3)14-24-23-9-7-18(4)29-28(23)31-27(24)25/h7-12,14-16H,13H2,1-6H3/q+1. The van der Waals surface area contributed by atoms with E-state index in [-0.39, 0.29) is 0 Å². The summed E-state index contributed by atoms with van der Waals surface area (Å²) in [4.78, 5) is 4.66. The Bertz CT molecular complexity index is 1470. The fraction of sp³-hybridized carbons (Fsp3) is 0.286. The van der Waals surface area contributed by atoms with Gasteiger partial charge in [-0.2, -0.15) is 0 Å². The Morgan fingerprint density at radius 1 is 0.935 bits per heavy atom. The van der Waals surface area contributed by atoms with E-state index in [1.165, 1.54) is 33.2 Å². The number of benzene rings is 2. The molecule has 0 fully saturated rings. The van der Waals surface area contributed by atoms with Gasteiger partial charge in [-0.3, -0.25) is 0 Å². The van der Waals surface area contributed by atoms with Crippen LogP contribution in [0.4, 0.5) is 0 Å². The first kappa shape index (κ1) is 19.7. The van der Waals surface area contributed by atoms with E-state index in [9.17, 15) is 0 Å². The minimum atomic E-state index is 0.641. The molecule has 0 radical (unpaired) electrons.